The average Bonchev–Trinajstić information content (AvgIpc) is 3.13. The van der Waals surface area contributed by atoms with Gasteiger partial charge in [0.2, 0.25) is 5.95 Å². The van der Waals surface area contributed by atoms with E-state index in [9.17, 15) is 0 Å². The summed E-state index contributed by atoms with van der Waals surface area (Å²) in [5, 5.41) is 11.9. The van der Waals surface area contributed by atoms with Crippen LogP contribution in [0, 0.1) is 12.8 Å². The number of nitrogens with zero attached hydrogens (tertiary/aromatic N) is 5. The van der Waals surface area contributed by atoms with Gasteiger partial charge in [-0.05, 0) is 45.2 Å². The molecule has 3 N–H and O–H groups in total. The van der Waals surface area contributed by atoms with Crippen molar-refractivity contribution < 1.29 is 0 Å². The molecule has 1 atom stereocenters. The Morgan fingerprint density at radius 3 is 3.10 bits per heavy atom. The van der Waals surface area contributed by atoms with Crippen molar-refractivity contribution >= 4 is 5.95 Å². The maximum atomic E-state index is 5.79. The van der Waals surface area contributed by atoms with E-state index in [2.05, 4.69) is 32.1 Å². The molecule has 0 aliphatic carbocycles. The first kappa shape index (κ1) is 14.1. The fourth-order valence-electron chi connectivity index (χ4n) is 2.93. The molecule has 7 heteroatoms. The molecule has 21 heavy (non-hydrogen) atoms. The highest BCUT2D eigenvalue weighted by molar-refractivity contribution is 5.52. The molecule has 1 saturated heterocycles. The van der Waals surface area contributed by atoms with Crippen LogP contribution in [-0.4, -0.2) is 44.6 Å². The second kappa shape index (κ2) is 5.85. The lowest BCUT2D eigenvalue weighted by Gasteiger charge is -2.31. The van der Waals surface area contributed by atoms with Crippen LogP contribution in [-0.2, 0) is 6.54 Å². The molecule has 7 nitrogen and oxygen atoms in total. The van der Waals surface area contributed by atoms with E-state index in [0.29, 0.717) is 5.92 Å². The minimum absolute atomic E-state index is 0.545. The lowest BCUT2D eigenvalue weighted by molar-refractivity contribution is 0.420. The zero-order valence-corrected chi connectivity index (χ0v) is 12.7. The van der Waals surface area contributed by atoms with E-state index in [-0.39, 0.29) is 0 Å². The fraction of sp³-hybridized carbons (Fsp3) is 0.643. The summed E-state index contributed by atoms with van der Waals surface area (Å²) in [5.41, 5.74) is 7.77. The van der Waals surface area contributed by atoms with Crippen LogP contribution in [0.1, 0.15) is 25.5 Å². The highest BCUT2D eigenvalue weighted by atomic mass is 15.4. The highest BCUT2D eigenvalue weighted by Crippen LogP contribution is 2.23. The second-order valence-corrected chi connectivity index (χ2v) is 5.66. The lowest BCUT2D eigenvalue weighted by atomic mass is 9.99. The van der Waals surface area contributed by atoms with Crippen LogP contribution >= 0.6 is 0 Å². The van der Waals surface area contributed by atoms with E-state index >= 15 is 0 Å². The number of nitrogens with one attached hydrogen (secondary N) is 1. The molecule has 2 aromatic heterocycles. The van der Waals surface area contributed by atoms with E-state index in [0.717, 1.165) is 55.8 Å². The molecule has 0 aromatic carbocycles. The molecule has 0 radical (unpaired) electrons. The minimum Gasteiger partial charge on any atom is -0.339 e. The smallest absolute Gasteiger partial charge is 0.245 e. The van der Waals surface area contributed by atoms with Gasteiger partial charge in [-0.2, -0.15) is 10.1 Å². The molecule has 1 unspecified atom stereocenters. The number of anilines is 1. The van der Waals surface area contributed by atoms with Crippen LogP contribution in [0.25, 0.3) is 11.5 Å². The molecule has 2 aromatic rings. The van der Waals surface area contributed by atoms with Crippen molar-refractivity contribution in [1.29, 1.82) is 0 Å². The Balaban J connectivity index is 1.82. The summed E-state index contributed by atoms with van der Waals surface area (Å²) >= 11 is 0. The van der Waals surface area contributed by atoms with Gasteiger partial charge in [-0.3, -0.25) is 9.78 Å². The first-order valence-electron chi connectivity index (χ1n) is 7.63. The topological polar surface area (TPSA) is 88.7 Å². The van der Waals surface area contributed by atoms with Gasteiger partial charge in [0.15, 0.2) is 5.82 Å². The van der Waals surface area contributed by atoms with E-state index in [1.54, 1.807) is 0 Å². The van der Waals surface area contributed by atoms with Crippen molar-refractivity contribution in [1.82, 2.24) is 25.0 Å². The first-order chi connectivity index (χ1) is 10.2. The van der Waals surface area contributed by atoms with Crippen molar-refractivity contribution in [2.75, 3.05) is 24.5 Å². The van der Waals surface area contributed by atoms with Crippen LogP contribution in [0.3, 0.4) is 0 Å². The zero-order chi connectivity index (χ0) is 14.8. The van der Waals surface area contributed by atoms with Crippen molar-refractivity contribution in [2.45, 2.75) is 33.2 Å². The number of aromatic nitrogens is 5. The number of aryl methyl sites for hydroxylation is 2. The fourth-order valence-corrected chi connectivity index (χ4v) is 2.93. The van der Waals surface area contributed by atoms with Crippen molar-refractivity contribution in [3.05, 3.63) is 11.8 Å². The third-order valence-corrected chi connectivity index (χ3v) is 4.05. The summed E-state index contributed by atoms with van der Waals surface area (Å²) in [6.45, 7) is 7.56. The van der Waals surface area contributed by atoms with Gasteiger partial charge in [0.25, 0.3) is 0 Å². The molecule has 0 bridgehead atoms. The van der Waals surface area contributed by atoms with Gasteiger partial charge >= 0.3 is 0 Å². The van der Waals surface area contributed by atoms with E-state index in [1.165, 1.54) is 6.42 Å². The summed E-state index contributed by atoms with van der Waals surface area (Å²) in [5.74, 6) is 2.09. The summed E-state index contributed by atoms with van der Waals surface area (Å²) in [4.78, 5) is 6.88. The molecule has 114 valence electrons. The average molecular weight is 289 g/mol. The molecule has 0 spiro atoms. The maximum absolute atomic E-state index is 5.79. The molecule has 3 rings (SSSR count). The standard InChI is InChI=1S/C14H23N7/c1-3-21-12(7-10(2)19-21)13-16-14(18-17-13)20-6-4-5-11(8-15)9-20/h7,11H,3-6,8-9,15H2,1-2H3,(H,16,17,18). The number of H-pyrrole nitrogens is 1. The number of nitrogens with two attached hydrogens (primary N) is 1. The van der Waals surface area contributed by atoms with Gasteiger partial charge in [0.05, 0.1) is 5.69 Å². The van der Waals surface area contributed by atoms with Crippen LogP contribution in [0.15, 0.2) is 6.07 Å². The predicted octanol–water partition coefficient (Wildman–Crippen LogP) is 1.17. The van der Waals surface area contributed by atoms with Crippen LogP contribution in [0.2, 0.25) is 0 Å². The van der Waals surface area contributed by atoms with E-state index in [4.69, 9.17) is 5.73 Å². The number of hydrogen-bond donors (Lipinski definition) is 2. The van der Waals surface area contributed by atoms with Crippen LogP contribution < -0.4 is 10.6 Å². The largest absolute Gasteiger partial charge is 0.339 e. The van der Waals surface area contributed by atoms with Gasteiger partial charge in [0.1, 0.15) is 5.69 Å². The summed E-state index contributed by atoms with van der Waals surface area (Å²) < 4.78 is 1.94. The number of hydrogen-bond acceptors (Lipinski definition) is 5. The van der Waals surface area contributed by atoms with Gasteiger partial charge in [0, 0.05) is 19.6 Å². The molecule has 1 aliphatic heterocycles. The predicted molar refractivity (Wildman–Crippen MR) is 82.0 cm³/mol. The first-order valence-corrected chi connectivity index (χ1v) is 7.63. The van der Waals surface area contributed by atoms with Gasteiger partial charge in [-0.1, -0.05) is 0 Å². The van der Waals surface area contributed by atoms with Crippen molar-refractivity contribution in [3.63, 3.8) is 0 Å². The molecular formula is C14H23N7. The normalized spacial score (nSPS) is 19.2. The van der Waals surface area contributed by atoms with Crippen LogP contribution in [0.4, 0.5) is 5.95 Å². The monoisotopic (exact) mass is 289 g/mol. The second-order valence-electron chi connectivity index (χ2n) is 5.66. The molecule has 1 aliphatic rings. The SMILES string of the molecule is CCn1nc(C)cc1-c1nc(N2CCCC(CN)C2)n[nH]1. The quantitative estimate of drug-likeness (QED) is 0.882. The zero-order valence-electron chi connectivity index (χ0n) is 12.7. The Bertz CT molecular complexity index is 600. The minimum atomic E-state index is 0.545. The van der Waals surface area contributed by atoms with Gasteiger partial charge in [-0.15, -0.1) is 5.10 Å². The summed E-state index contributed by atoms with van der Waals surface area (Å²) in [7, 11) is 0. The van der Waals surface area contributed by atoms with Gasteiger partial charge in [-0.25, -0.2) is 0 Å². The lowest BCUT2D eigenvalue weighted by Crippen LogP contribution is -2.38. The Morgan fingerprint density at radius 2 is 2.33 bits per heavy atom. The maximum Gasteiger partial charge on any atom is 0.245 e. The Labute approximate surface area is 124 Å². The van der Waals surface area contributed by atoms with E-state index in [1.807, 2.05) is 17.7 Å². The summed E-state index contributed by atoms with van der Waals surface area (Å²) in [6.07, 6.45) is 2.35. The number of piperidine rings is 1. The molecular weight excluding hydrogens is 266 g/mol. The Kier molecular flexibility index (Phi) is 3.92. The van der Waals surface area contributed by atoms with Gasteiger partial charge < -0.3 is 10.6 Å². The molecule has 3 heterocycles. The molecule has 1 fully saturated rings. The van der Waals surface area contributed by atoms with Crippen molar-refractivity contribution in [3.8, 4) is 11.5 Å². The highest BCUT2D eigenvalue weighted by Gasteiger charge is 2.22. The Hall–Kier alpha value is -1.89. The third kappa shape index (κ3) is 2.78. The molecule has 0 saturated carbocycles. The van der Waals surface area contributed by atoms with Crippen LogP contribution in [0.5, 0.6) is 0 Å². The van der Waals surface area contributed by atoms with Crippen molar-refractivity contribution in [2.24, 2.45) is 11.7 Å². The number of aromatic amines is 1. The van der Waals surface area contributed by atoms with E-state index < -0.39 is 0 Å². The third-order valence-electron chi connectivity index (χ3n) is 4.05. The molecule has 0 amide bonds. The summed E-state index contributed by atoms with van der Waals surface area (Å²) in [6, 6.07) is 2.03. The number of rotatable bonds is 4. The Morgan fingerprint density at radius 1 is 1.48 bits per heavy atom.